The summed E-state index contributed by atoms with van der Waals surface area (Å²) in [7, 11) is 1.19. The van der Waals surface area contributed by atoms with Gasteiger partial charge in [-0.15, -0.1) is 0 Å². The van der Waals surface area contributed by atoms with Crippen LogP contribution in [0.2, 0.25) is 0 Å². The largest absolute Gasteiger partial charge is 0.242 e. The van der Waals surface area contributed by atoms with E-state index in [0.29, 0.717) is 0 Å². The van der Waals surface area contributed by atoms with Crippen molar-refractivity contribution >= 4 is 19.7 Å². The average molecular weight is 255 g/mol. The van der Waals surface area contributed by atoms with Crippen LogP contribution in [-0.4, -0.2) is 14.2 Å². The molecule has 0 bridgehead atoms. The predicted octanol–water partition coefficient (Wildman–Crippen LogP) is 2.80. The minimum absolute atomic E-state index is 0.141. The van der Waals surface area contributed by atoms with Gasteiger partial charge in [0.05, 0.1) is 5.75 Å². The maximum absolute atomic E-state index is 13.4. The van der Waals surface area contributed by atoms with Gasteiger partial charge in [0.25, 0.3) is 0 Å². The van der Waals surface area contributed by atoms with E-state index in [-0.39, 0.29) is 12.0 Å². The van der Waals surface area contributed by atoms with Gasteiger partial charge in [-0.3, -0.25) is 0 Å². The van der Waals surface area contributed by atoms with Gasteiger partial charge in [-0.1, -0.05) is 18.2 Å². The van der Waals surface area contributed by atoms with E-state index >= 15 is 0 Å². The molecule has 1 unspecified atom stereocenters. The van der Waals surface area contributed by atoms with Crippen molar-refractivity contribution in [1.29, 1.82) is 0 Å². The van der Waals surface area contributed by atoms with Gasteiger partial charge in [0, 0.05) is 16.2 Å². The van der Waals surface area contributed by atoms with Gasteiger partial charge in [-0.2, -0.15) is 0 Å². The van der Waals surface area contributed by atoms with Gasteiger partial charge >= 0.3 is 0 Å². The Kier molecular flexibility index (Phi) is 4.04. The highest BCUT2D eigenvalue weighted by Gasteiger charge is 2.17. The Bertz CT molecular complexity index is 433. The zero-order valence-electron chi connectivity index (χ0n) is 7.66. The topological polar surface area (TPSA) is 34.1 Å². The zero-order valence-corrected chi connectivity index (χ0v) is 9.23. The quantitative estimate of drug-likeness (QED) is 0.775. The van der Waals surface area contributed by atoms with E-state index in [1.54, 1.807) is 0 Å². The van der Waals surface area contributed by atoms with Crippen LogP contribution in [0.15, 0.2) is 24.3 Å². The molecule has 84 valence electrons. The van der Waals surface area contributed by atoms with Crippen molar-refractivity contribution in [2.24, 2.45) is 0 Å². The SMILES string of the molecule is O=S(=O)(Cl)CCC(F)c1ccccc1F. The normalized spacial score (nSPS) is 13.8. The Morgan fingerprint density at radius 2 is 1.93 bits per heavy atom. The number of benzene rings is 1. The third kappa shape index (κ3) is 4.13. The Hall–Kier alpha value is -0.680. The Morgan fingerprint density at radius 3 is 2.47 bits per heavy atom. The molecule has 0 radical (unpaired) electrons. The predicted molar refractivity (Wildman–Crippen MR) is 54.5 cm³/mol. The van der Waals surface area contributed by atoms with Crippen LogP contribution in [0.25, 0.3) is 0 Å². The molecule has 1 atom stereocenters. The summed E-state index contributed by atoms with van der Waals surface area (Å²) >= 11 is 0. The molecule has 0 spiro atoms. The smallest absolute Gasteiger partial charge is 0.232 e. The zero-order chi connectivity index (χ0) is 11.5. The van der Waals surface area contributed by atoms with Crippen molar-refractivity contribution in [3.8, 4) is 0 Å². The molecule has 1 aromatic carbocycles. The summed E-state index contributed by atoms with van der Waals surface area (Å²) < 4.78 is 47.5. The first-order valence-electron chi connectivity index (χ1n) is 4.21. The summed E-state index contributed by atoms with van der Waals surface area (Å²) in [5.74, 6) is -1.19. The Morgan fingerprint density at radius 1 is 1.33 bits per heavy atom. The molecule has 0 amide bonds. The summed E-state index contributed by atoms with van der Waals surface area (Å²) in [6, 6.07) is 5.32. The van der Waals surface area contributed by atoms with E-state index in [4.69, 9.17) is 10.7 Å². The fourth-order valence-electron chi connectivity index (χ4n) is 1.13. The summed E-state index contributed by atoms with van der Waals surface area (Å²) in [6.45, 7) is 0. The lowest BCUT2D eigenvalue weighted by atomic mass is 10.1. The number of rotatable bonds is 4. The average Bonchev–Trinajstić information content (AvgIpc) is 2.14. The molecule has 0 N–H and O–H groups in total. The molecule has 15 heavy (non-hydrogen) atoms. The van der Waals surface area contributed by atoms with E-state index in [9.17, 15) is 17.2 Å². The van der Waals surface area contributed by atoms with E-state index in [1.807, 2.05) is 0 Å². The molecule has 1 aromatic rings. The number of hydrogen-bond acceptors (Lipinski definition) is 2. The first kappa shape index (κ1) is 12.4. The van der Waals surface area contributed by atoms with Crippen molar-refractivity contribution in [2.45, 2.75) is 12.6 Å². The van der Waals surface area contributed by atoms with Gasteiger partial charge in [-0.25, -0.2) is 17.2 Å². The van der Waals surface area contributed by atoms with Crippen molar-refractivity contribution in [1.82, 2.24) is 0 Å². The minimum atomic E-state index is -3.73. The summed E-state index contributed by atoms with van der Waals surface area (Å²) in [4.78, 5) is 0. The molecule has 0 fully saturated rings. The number of halogens is 3. The first-order valence-corrected chi connectivity index (χ1v) is 6.69. The molecule has 0 heterocycles. The molecule has 6 heteroatoms. The fraction of sp³-hybridized carbons (Fsp3) is 0.333. The van der Waals surface area contributed by atoms with Crippen LogP contribution in [0.3, 0.4) is 0 Å². The number of hydrogen-bond donors (Lipinski definition) is 0. The molecule has 0 saturated carbocycles. The van der Waals surface area contributed by atoms with Crippen LogP contribution in [0.4, 0.5) is 8.78 Å². The minimum Gasteiger partial charge on any atom is -0.242 e. The molecule has 0 aliphatic rings. The van der Waals surface area contributed by atoms with E-state index in [1.165, 1.54) is 18.2 Å². The van der Waals surface area contributed by atoms with Crippen LogP contribution < -0.4 is 0 Å². The van der Waals surface area contributed by atoms with E-state index < -0.39 is 26.8 Å². The van der Waals surface area contributed by atoms with Crippen LogP contribution >= 0.6 is 10.7 Å². The second-order valence-corrected chi connectivity index (χ2v) is 5.92. The van der Waals surface area contributed by atoms with Crippen molar-refractivity contribution in [3.05, 3.63) is 35.6 Å². The van der Waals surface area contributed by atoms with Crippen molar-refractivity contribution in [2.75, 3.05) is 5.75 Å². The molecule has 0 saturated heterocycles. The molecule has 2 nitrogen and oxygen atoms in total. The Labute approximate surface area is 91.3 Å². The molecular formula is C9H9ClF2O2S. The summed E-state index contributed by atoms with van der Waals surface area (Å²) in [5.41, 5.74) is -0.141. The molecule has 0 aliphatic carbocycles. The highest BCUT2D eigenvalue weighted by molar-refractivity contribution is 8.13. The van der Waals surface area contributed by atoms with Crippen LogP contribution in [0.5, 0.6) is 0 Å². The van der Waals surface area contributed by atoms with E-state index in [2.05, 4.69) is 0 Å². The second-order valence-electron chi connectivity index (χ2n) is 3.02. The standard InChI is InChI=1S/C9H9ClF2O2S/c10-15(13,14)6-5-9(12)7-3-1-2-4-8(7)11/h1-4,9H,5-6H2. The van der Waals surface area contributed by atoms with Gasteiger partial charge < -0.3 is 0 Å². The molecule has 0 aliphatic heterocycles. The van der Waals surface area contributed by atoms with Crippen molar-refractivity contribution in [3.63, 3.8) is 0 Å². The first-order chi connectivity index (χ1) is 6.90. The summed E-state index contributed by atoms with van der Waals surface area (Å²) in [6.07, 6.45) is -1.99. The maximum atomic E-state index is 13.4. The van der Waals surface area contributed by atoms with Gasteiger partial charge in [0.15, 0.2) is 0 Å². The second kappa shape index (κ2) is 4.90. The van der Waals surface area contributed by atoms with Crippen molar-refractivity contribution < 1.29 is 17.2 Å². The highest BCUT2D eigenvalue weighted by atomic mass is 35.7. The van der Waals surface area contributed by atoms with Crippen LogP contribution in [0, 0.1) is 5.82 Å². The van der Waals surface area contributed by atoms with Crippen LogP contribution in [-0.2, 0) is 9.05 Å². The molecule has 0 aromatic heterocycles. The lowest BCUT2D eigenvalue weighted by Gasteiger charge is -2.07. The van der Waals surface area contributed by atoms with Gasteiger partial charge in [-0.05, 0) is 12.5 Å². The molecular weight excluding hydrogens is 246 g/mol. The van der Waals surface area contributed by atoms with Crippen LogP contribution in [0.1, 0.15) is 18.2 Å². The van der Waals surface area contributed by atoms with Gasteiger partial charge in [0.2, 0.25) is 9.05 Å². The Balaban J connectivity index is 2.70. The summed E-state index contributed by atoms with van der Waals surface area (Å²) in [5, 5.41) is 0. The van der Waals surface area contributed by atoms with E-state index in [0.717, 1.165) is 6.07 Å². The highest BCUT2D eigenvalue weighted by Crippen LogP contribution is 2.24. The third-order valence-corrected chi connectivity index (χ3v) is 3.04. The molecule has 1 rings (SSSR count). The monoisotopic (exact) mass is 254 g/mol. The number of alkyl halides is 1. The third-order valence-electron chi connectivity index (χ3n) is 1.86. The fourth-order valence-corrected chi connectivity index (χ4v) is 1.88. The van der Waals surface area contributed by atoms with Gasteiger partial charge in [0.1, 0.15) is 12.0 Å². The lowest BCUT2D eigenvalue weighted by molar-refractivity contribution is 0.324. The lowest BCUT2D eigenvalue weighted by Crippen LogP contribution is -2.03. The maximum Gasteiger partial charge on any atom is 0.232 e.